The van der Waals surface area contributed by atoms with E-state index in [4.69, 9.17) is 5.73 Å². The van der Waals surface area contributed by atoms with Crippen molar-refractivity contribution in [3.8, 4) is 5.75 Å². The van der Waals surface area contributed by atoms with E-state index in [1.165, 1.54) is 49.9 Å². The molecule has 1 aliphatic heterocycles. The first-order chi connectivity index (χ1) is 28.9. The highest BCUT2D eigenvalue weighted by Gasteiger charge is 2.40. The summed E-state index contributed by atoms with van der Waals surface area (Å²) in [5, 5.41) is 52.3. The van der Waals surface area contributed by atoms with E-state index in [0.717, 1.165) is 5.56 Å². The molecular weight excluding hydrogens is 791 g/mol. The van der Waals surface area contributed by atoms with Gasteiger partial charge in [0, 0.05) is 19.4 Å². The number of nitrogens with two attached hydrogens (primary N) is 1. The summed E-state index contributed by atoms with van der Waals surface area (Å²) in [5.74, 6) is -6.26. The largest absolute Gasteiger partial charge is 0.508 e. The van der Waals surface area contributed by atoms with Gasteiger partial charge in [-0.3, -0.25) is 28.8 Å². The first-order valence-corrected chi connectivity index (χ1v) is 20.0. The maximum atomic E-state index is 14.1. The molecule has 0 radical (unpaired) electrons. The molecule has 1 aliphatic rings. The zero-order chi connectivity index (χ0) is 44.8. The molecule has 61 heavy (non-hydrogen) atoms. The number of carbonyl (C=O) groups is 7. The van der Waals surface area contributed by atoms with Gasteiger partial charge in [-0.2, -0.15) is 0 Å². The number of aromatic hydroxyl groups is 1. The van der Waals surface area contributed by atoms with E-state index in [1.807, 2.05) is 30.3 Å². The number of carboxylic acid groups (broad SMARTS) is 1. The lowest BCUT2D eigenvalue weighted by Crippen LogP contribution is -2.61. The maximum Gasteiger partial charge on any atom is 0.328 e. The number of amides is 6. The van der Waals surface area contributed by atoms with Gasteiger partial charge in [-0.05, 0) is 68.9 Å². The fourth-order valence-corrected chi connectivity index (χ4v) is 6.86. The van der Waals surface area contributed by atoms with Gasteiger partial charge in [-0.25, -0.2) is 4.79 Å². The normalized spacial score (nSPS) is 17.5. The minimum atomic E-state index is -1.65. The minimum absolute atomic E-state index is 0.0227. The number of phenolic OH excluding ortho intramolecular Hbond substituents is 1. The molecule has 1 fully saturated rings. The highest BCUT2D eigenvalue weighted by molar-refractivity contribution is 5.97. The van der Waals surface area contributed by atoms with E-state index < -0.39 is 95.9 Å². The van der Waals surface area contributed by atoms with Gasteiger partial charge >= 0.3 is 5.97 Å². The number of rotatable bonds is 20. The molecule has 0 aliphatic carbocycles. The second kappa shape index (κ2) is 22.3. The van der Waals surface area contributed by atoms with Crippen LogP contribution in [0.5, 0.6) is 5.75 Å². The molecule has 0 bridgehead atoms. The molecule has 328 valence electrons. The Morgan fingerprint density at radius 2 is 1.13 bits per heavy atom. The Balaban J connectivity index is 1.51. The van der Waals surface area contributed by atoms with Crippen molar-refractivity contribution in [3.63, 3.8) is 0 Å². The van der Waals surface area contributed by atoms with Crippen LogP contribution in [0.1, 0.15) is 50.3 Å². The van der Waals surface area contributed by atoms with Crippen molar-refractivity contribution >= 4 is 41.4 Å². The second-order valence-electron chi connectivity index (χ2n) is 15.2. The zero-order valence-electron chi connectivity index (χ0n) is 34.2. The second-order valence-corrected chi connectivity index (χ2v) is 15.2. The van der Waals surface area contributed by atoms with E-state index in [-0.39, 0.29) is 38.0 Å². The lowest BCUT2D eigenvalue weighted by atomic mass is 10.0. The molecule has 0 aromatic heterocycles. The zero-order valence-corrected chi connectivity index (χ0v) is 34.2. The summed E-state index contributed by atoms with van der Waals surface area (Å²) in [6.07, 6.45) is -2.29. The molecule has 3 aromatic carbocycles. The summed E-state index contributed by atoms with van der Waals surface area (Å²) in [6, 6.07) is 14.5. The lowest BCUT2D eigenvalue weighted by Gasteiger charge is -2.30. The van der Waals surface area contributed by atoms with Crippen LogP contribution in [0.15, 0.2) is 84.9 Å². The number of phenols is 1. The molecule has 0 unspecified atom stereocenters. The third-order valence-corrected chi connectivity index (χ3v) is 10.2. The molecule has 18 heteroatoms. The van der Waals surface area contributed by atoms with Crippen LogP contribution in [0.4, 0.5) is 0 Å². The minimum Gasteiger partial charge on any atom is -0.508 e. The number of aliphatic hydroxyl groups is 2. The van der Waals surface area contributed by atoms with Gasteiger partial charge in [0.15, 0.2) is 6.04 Å². The van der Waals surface area contributed by atoms with Crippen LogP contribution in [0, 0.1) is 0 Å². The summed E-state index contributed by atoms with van der Waals surface area (Å²) in [5.41, 5.74) is 8.25. The number of aliphatic carboxylic acids is 1. The van der Waals surface area contributed by atoms with Crippen LogP contribution in [0.25, 0.3) is 0 Å². The summed E-state index contributed by atoms with van der Waals surface area (Å²) in [7, 11) is 0. The average Bonchev–Trinajstić information content (AvgIpc) is 3.72. The van der Waals surface area contributed by atoms with Crippen LogP contribution in [-0.2, 0) is 52.8 Å². The molecule has 11 N–H and O–H groups in total. The van der Waals surface area contributed by atoms with Gasteiger partial charge in [-0.1, -0.05) is 72.8 Å². The highest BCUT2D eigenvalue weighted by Crippen LogP contribution is 2.19. The molecule has 1 heterocycles. The fraction of sp³-hybridized carbons (Fsp3) is 0.419. The number of hydrogen-bond acceptors (Lipinski definition) is 11. The van der Waals surface area contributed by atoms with Crippen molar-refractivity contribution in [1.29, 1.82) is 0 Å². The van der Waals surface area contributed by atoms with E-state index in [1.54, 1.807) is 30.3 Å². The number of aliphatic hydroxyl groups excluding tert-OH is 2. The molecule has 0 spiro atoms. The number of nitrogens with zero attached hydrogens (tertiary/aromatic N) is 1. The SMILES string of the molecule is C[C@H](NC(=O)[C@@H](NC(=O)[C@H](Cc1ccc(O)cc1)NC(=O)[C@H](Cc1ccccc1)NC(=O)[C@@H](N)Cc1ccccc1)[C@@H](C)O)C(=O)N1CCC[C@H]1C(=O)N[C@H](C(=O)O)[C@@H](C)O. The predicted molar refractivity (Wildman–Crippen MR) is 221 cm³/mol. The smallest absolute Gasteiger partial charge is 0.328 e. The van der Waals surface area contributed by atoms with Crippen LogP contribution in [0.2, 0.25) is 0 Å². The van der Waals surface area contributed by atoms with Gasteiger partial charge in [0.05, 0.1) is 18.2 Å². The average molecular weight is 846 g/mol. The number of carboxylic acids is 1. The van der Waals surface area contributed by atoms with Crippen LogP contribution in [0.3, 0.4) is 0 Å². The van der Waals surface area contributed by atoms with Crippen molar-refractivity contribution in [2.45, 2.75) is 107 Å². The molecule has 0 saturated carbocycles. The third kappa shape index (κ3) is 13.8. The van der Waals surface area contributed by atoms with E-state index >= 15 is 0 Å². The highest BCUT2D eigenvalue weighted by atomic mass is 16.4. The van der Waals surface area contributed by atoms with Crippen LogP contribution >= 0.6 is 0 Å². The number of nitrogens with one attached hydrogen (secondary N) is 5. The quantitative estimate of drug-likeness (QED) is 0.0658. The van der Waals surface area contributed by atoms with Gasteiger partial charge < -0.3 is 57.6 Å². The van der Waals surface area contributed by atoms with Gasteiger partial charge in [-0.15, -0.1) is 0 Å². The van der Waals surface area contributed by atoms with Crippen molar-refractivity contribution in [2.75, 3.05) is 6.54 Å². The van der Waals surface area contributed by atoms with Crippen molar-refractivity contribution in [1.82, 2.24) is 31.5 Å². The Kier molecular flexibility index (Phi) is 17.3. The molecule has 3 aromatic rings. The Labute approximate surface area is 353 Å². The van der Waals surface area contributed by atoms with E-state index in [0.29, 0.717) is 17.5 Å². The third-order valence-electron chi connectivity index (χ3n) is 10.2. The first kappa shape index (κ1) is 47.3. The fourth-order valence-electron chi connectivity index (χ4n) is 6.86. The van der Waals surface area contributed by atoms with Crippen LogP contribution < -0.4 is 32.3 Å². The van der Waals surface area contributed by atoms with Crippen molar-refractivity contribution < 1.29 is 54.0 Å². The Morgan fingerprint density at radius 1 is 0.639 bits per heavy atom. The lowest BCUT2D eigenvalue weighted by molar-refractivity contribution is -0.147. The van der Waals surface area contributed by atoms with Gasteiger partial charge in [0.2, 0.25) is 35.4 Å². The van der Waals surface area contributed by atoms with Crippen LogP contribution in [-0.4, -0.2) is 128 Å². The monoisotopic (exact) mass is 845 g/mol. The molecule has 9 atom stereocenters. The number of hydrogen-bond donors (Lipinski definition) is 10. The molecule has 18 nitrogen and oxygen atoms in total. The maximum absolute atomic E-state index is 14.1. The topological polar surface area (TPSA) is 290 Å². The summed E-state index contributed by atoms with van der Waals surface area (Å²) >= 11 is 0. The Hall–Kier alpha value is -6.37. The van der Waals surface area contributed by atoms with Crippen molar-refractivity contribution in [2.24, 2.45) is 5.73 Å². The van der Waals surface area contributed by atoms with Gasteiger partial charge in [0.25, 0.3) is 0 Å². The van der Waals surface area contributed by atoms with E-state index in [2.05, 4.69) is 26.6 Å². The molecule has 1 saturated heterocycles. The van der Waals surface area contributed by atoms with Crippen molar-refractivity contribution in [3.05, 3.63) is 102 Å². The first-order valence-electron chi connectivity index (χ1n) is 20.0. The summed E-state index contributed by atoms with van der Waals surface area (Å²) in [6.45, 7) is 3.88. The predicted octanol–water partition coefficient (Wildman–Crippen LogP) is -0.971. The standard InChI is InChI=1S/C43H55N7O11/c1-24(42(59)50-20-10-15-34(50)40(57)49-36(26(3)52)43(60)61)45-41(58)35(25(2)51)48-39(56)33(23-29-16-18-30(53)19-17-29)47-38(55)32(22-28-13-8-5-9-14-28)46-37(54)31(44)21-27-11-6-4-7-12-27/h4-9,11-14,16-19,24-26,31-36,51-53H,10,15,20-23,44H2,1-3H3,(H,45,58)(H,46,54)(H,47,55)(H,48,56)(H,49,57)(H,60,61)/t24-,25+,26+,31-,32-,33-,34-,35-,36-/m0/s1. The van der Waals surface area contributed by atoms with E-state index in [9.17, 15) is 54.0 Å². The number of likely N-dealkylation sites (tertiary alicyclic amines) is 1. The number of carbonyl (C=O) groups excluding carboxylic acids is 6. The van der Waals surface area contributed by atoms with Gasteiger partial charge in [0.1, 0.15) is 36.0 Å². The summed E-state index contributed by atoms with van der Waals surface area (Å²) < 4.78 is 0. The Bertz CT molecular complexity index is 1980. The Morgan fingerprint density at radius 3 is 1.66 bits per heavy atom. The molecular formula is C43H55N7O11. The molecule has 4 rings (SSSR count). The molecule has 6 amide bonds. The number of benzene rings is 3. The summed E-state index contributed by atoms with van der Waals surface area (Å²) in [4.78, 5) is 94.4.